The number of aliphatic imine (C=N–C) groups is 1. The molecule has 1 heterocycles. The molecule has 2 rings (SSSR count). The van der Waals surface area contributed by atoms with Crippen molar-refractivity contribution < 1.29 is 4.74 Å². The van der Waals surface area contributed by atoms with Gasteiger partial charge in [0, 0.05) is 13.1 Å². The molecule has 0 aliphatic carbocycles. The molecule has 0 bridgehead atoms. The average Bonchev–Trinajstić information content (AvgIpc) is 2.79. The maximum atomic E-state index is 5.58. The Labute approximate surface area is 90.4 Å². The van der Waals surface area contributed by atoms with Crippen LogP contribution in [0.5, 0.6) is 0 Å². The molecule has 80 valence electrons. The van der Waals surface area contributed by atoms with E-state index >= 15 is 0 Å². The van der Waals surface area contributed by atoms with Crippen LogP contribution in [-0.2, 0) is 11.3 Å². The third kappa shape index (κ3) is 3.36. The van der Waals surface area contributed by atoms with Crippen LogP contribution in [0.1, 0.15) is 5.56 Å². The van der Waals surface area contributed by atoms with Crippen molar-refractivity contribution in [2.24, 2.45) is 4.99 Å². The van der Waals surface area contributed by atoms with Gasteiger partial charge in [0.2, 0.25) is 0 Å². The summed E-state index contributed by atoms with van der Waals surface area (Å²) in [6.07, 6.45) is 1.91. The second-order valence-corrected chi connectivity index (χ2v) is 3.60. The summed E-state index contributed by atoms with van der Waals surface area (Å²) in [5.74, 6) is 0. The molecule has 0 aromatic heterocycles. The van der Waals surface area contributed by atoms with Gasteiger partial charge in [0.1, 0.15) is 0 Å². The molecule has 0 atom stereocenters. The fourth-order valence-electron chi connectivity index (χ4n) is 1.53. The molecule has 0 spiro atoms. The summed E-state index contributed by atoms with van der Waals surface area (Å²) in [6, 6.07) is 10.2. The Kier molecular flexibility index (Phi) is 3.74. The van der Waals surface area contributed by atoms with E-state index < -0.39 is 0 Å². The molecular weight excluding hydrogens is 188 g/mol. The molecule has 0 N–H and O–H groups in total. The van der Waals surface area contributed by atoms with Gasteiger partial charge in [-0.05, 0) is 5.56 Å². The van der Waals surface area contributed by atoms with Crippen molar-refractivity contribution in [2.45, 2.75) is 6.61 Å². The summed E-state index contributed by atoms with van der Waals surface area (Å²) in [7, 11) is 0. The van der Waals surface area contributed by atoms with Gasteiger partial charge in [0.25, 0.3) is 0 Å². The molecule has 15 heavy (non-hydrogen) atoms. The van der Waals surface area contributed by atoms with E-state index in [-0.39, 0.29) is 0 Å². The Bertz CT molecular complexity index is 311. The van der Waals surface area contributed by atoms with E-state index in [2.05, 4.69) is 22.0 Å². The third-order valence-electron chi connectivity index (χ3n) is 2.40. The highest BCUT2D eigenvalue weighted by Gasteiger charge is 2.03. The summed E-state index contributed by atoms with van der Waals surface area (Å²) in [5.41, 5.74) is 1.23. The Morgan fingerprint density at radius 1 is 1.27 bits per heavy atom. The average molecular weight is 204 g/mol. The number of benzene rings is 1. The molecule has 3 heteroatoms. The zero-order valence-electron chi connectivity index (χ0n) is 8.80. The highest BCUT2D eigenvalue weighted by Crippen LogP contribution is 2.00. The molecule has 0 saturated carbocycles. The number of hydrogen-bond acceptors (Lipinski definition) is 3. The lowest BCUT2D eigenvalue weighted by Crippen LogP contribution is -2.24. The van der Waals surface area contributed by atoms with Gasteiger partial charge >= 0.3 is 0 Å². The first-order valence-corrected chi connectivity index (χ1v) is 5.31. The Hall–Kier alpha value is -1.35. The van der Waals surface area contributed by atoms with Gasteiger partial charge in [-0.1, -0.05) is 30.3 Å². The number of rotatable bonds is 5. The SMILES string of the molecule is C1=NCCN1CCOCc1ccccc1. The molecule has 0 radical (unpaired) electrons. The van der Waals surface area contributed by atoms with E-state index in [1.165, 1.54) is 5.56 Å². The van der Waals surface area contributed by atoms with Crippen LogP contribution >= 0.6 is 0 Å². The van der Waals surface area contributed by atoms with Crippen LogP contribution in [0.15, 0.2) is 35.3 Å². The summed E-state index contributed by atoms with van der Waals surface area (Å²) in [4.78, 5) is 6.33. The first-order valence-electron chi connectivity index (χ1n) is 5.31. The minimum atomic E-state index is 0.700. The number of ether oxygens (including phenoxy) is 1. The fraction of sp³-hybridized carbons (Fsp3) is 0.417. The molecule has 1 aliphatic rings. The summed E-state index contributed by atoms with van der Waals surface area (Å²) < 4.78 is 5.58. The van der Waals surface area contributed by atoms with Gasteiger partial charge in [-0.15, -0.1) is 0 Å². The highest BCUT2D eigenvalue weighted by molar-refractivity contribution is 5.56. The van der Waals surface area contributed by atoms with Crippen molar-refractivity contribution in [1.82, 2.24) is 4.90 Å². The quantitative estimate of drug-likeness (QED) is 0.680. The van der Waals surface area contributed by atoms with Crippen LogP contribution in [-0.4, -0.2) is 37.5 Å². The van der Waals surface area contributed by atoms with Crippen molar-refractivity contribution >= 4 is 6.34 Å². The third-order valence-corrected chi connectivity index (χ3v) is 2.40. The van der Waals surface area contributed by atoms with Gasteiger partial charge in [-0.2, -0.15) is 0 Å². The largest absolute Gasteiger partial charge is 0.375 e. The molecule has 0 unspecified atom stereocenters. The predicted molar refractivity (Wildman–Crippen MR) is 61.0 cm³/mol. The zero-order chi connectivity index (χ0) is 10.3. The molecule has 1 aliphatic heterocycles. The molecule has 0 amide bonds. The number of nitrogens with zero attached hydrogens (tertiary/aromatic N) is 2. The molecule has 0 saturated heterocycles. The first kappa shape index (κ1) is 10.2. The van der Waals surface area contributed by atoms with Crippen molar-refractivity contribution in [3.63, 3.8) is 0 Å². The number of hydrogen-bond donors (Lipinski definition) is 0. The topological polar surface area (TPSA) is 24.8 Å². The van der Waals surface area contributed by atoms with Gasteiger partial charge in [0.05, 0.1) is 26.1 Å². The standard InChI is InChI=1S/C12H16N2O/c1-2-4-12(5-3-1)10-15-9-8-14-7-6-13-11-14/h1-5,11H,6-10H2. The van der Waals surface area contributed by atoms with E-state index in [1.54, 1.807) is 0 Å². The van der Waals surface area contributed by atoms with Crippen molar-refractivity contribution in [3.05, 3.63) is 35.9 Å². The van der Waals surface area contributed by atoms with Gasteiger partial charge in [-0.3, -0.25) is 4.99 Å². The smallest absolute Gasteiger partial charge is 0.0852 e. The van der Waals surface area contributed by atoms with E-state index in [1.807, 2.05) is 24.5 Å². The normalized spacial score (nSPS) is 14.8. The minimum Gasteiger partial charge on any atom is -0.375 e. The molecule has 3 nitrogen and oxygen atoms in total. The second-order valence-electron chi connectivity index (χ2n) is 3.60. The van der Waals surface area contributed by atoms with E-state index in [0.29, 0.717) is 6.61 Å². The minimum absolute atomic E-state index is 0.700. The molecule has 1 aromatic rings. The van der Waals surface area contributed by atoms with Crippen LogP contribution < -0.4 is 0 Å². The Balaban J connectivity index is 1.61. The van der Waals surface area contributed by atoms with Gasteiger partial charge < -0.3 is 9.64 Å². The predicted octanol–water partition coefficient (Wildman–Crippen LogP) is 1.55. The zero-order valence-corrected chi connectivity index (χ0v) is 8.80. The molecule has 0 fully saturated rings. The lowest BCUT2D eigenvalue weighted by molar-refractivity contribution is 0.110. The van der Waals surface area contributed by atoms with Crippen molar-refractivity contribution in [2.75, 3.05) is 26.2 Å². The summed E-state index contributed by atoms with van der Waals surface area (Å²) in [6.45, 7) is 4.37. The van der Waals surface area contributed by atoms with Crippen LogP contribution in [0.25, 0.3) is 0 Å². The maximum Gasteiger partial charge on any atom is 0.0852 e. The first-order chi connectivity index (χ1) is 7.45. The monoisotopic (exact) mass is 204 g/mol. The fourth-order valence-corrected chi connectivity index (χ4v) is 1.53. The van der Waals surface area contributed by atoms with Crippen molar-refractivity contribution in [1.29, 1.82) is 0 Å². The summed E-state index contributed by atoms with van der Waals surface area (Å²) in [5, 5.41) is 0. The molecule has 1 aromatic carbocycles. The second kappa shape index (κ2) is 5.51. The van der Waals surface area contributed by atoms with Crippen LogP contribution in [0.4, 0.5) is 0 Å². The van der Waals surface area contributed by atoms with Crippen molar-refractivity contribution in [3.8, 4) is 0 Å². The summed E-state index contributed by atoms with van der Waals surface area (Å²) >= 11 is 0. The highest BCUT2D eigenvalue weighted by atomic mass is 16.5. The lowest BCUT2D eigenvalue weighted by Gasteiger charge is -2.13. The lowest BCUT2D eigenvalue weighted by atomic mass is 10.2. The van der Waals surface area contributed by atoms with Gasteiger partial charge in [0.15, 0.2) is 0 Å². The molecular formula is C12H16N2O. The van der Waals surface area contributed by atoms with Crippen LogP contribution in [0, 0.1) is 0 Å². The Morgan fingerprint density at radius 2 is 2.13 bits per heavy atom. The van der Waals surface area contributed by atoms with E-state index in [9.17, 15) is 0 Å². The van der Waals surface area contributed by atoms with E-state index in [4.69, 9.17) is 4.74 Å². The maximum absolute atomic E-state index is 5.58. The van der Waals surface area contributed by atoms with E-state index in [0.717, 1.165) is 26.2 Å². The van der Waals surface area contributed by atoms with Crippen LogP contribution in [0.2, 0.25) is 0 Å². The Morgan fingerprint density at radius 3 is 2.87 bits per heavy atom. The van der Waals surface area contributed by atoms with Gasteiger partial charge in [-0.25, -0.2) is 0 Å². The van der Waals surface area contributed by atoms with Crippen LogP contribution in [0.3, 0.4) is 0 Å².